The first-order chi connectivity index (χ1) is 13.8. The van der Waals surface area contributed by atoms with Crippen molar-refractivity contribution in [2.75, 3.05) is 0 Å². The minimum absolute atomic E-state index is 0.763. The van der Waals surface area contributed by atoms with Crippen LogP contribution in [0.2, 0.25) is 0 Å². The number of benzene rings is 4. The van der Waals surface area contributed by atoms with Gasteiger partial charge in [0.25, 0.3) is 0 Å². The molecule has 4 rings (SSSR count). The zero-order valence-corrected chi connectivity index (χ0v) is 15.2. The summed E-state index contributed by atoms with van der Waals surface area (Å²) in [4.78, 5) is 0. The maximum absolute atomic E-state index is 5.87. The zero-order valence-electron chi connectivity index (χ0n) is 15.2. The monoisotopic (exact) mass is 362 g/mol. The molecule has 134 valence electrons. The van der Waals surface area contributed by atoms with Crippen molar-refractivity contribution in [3.63, 3.8) is 0 Å². The second-order valence-corrected chi connectivity index (χ2v) is 6.14. The summed E-state index contributed by atoms with van der Waals surface area (Å²) in [5.41, 5.74) is 1.78. The van der Waals surface area contributed by atoms with Crippen LogP contribution in [-0.4, -0.2) is 0 Å². The number of hydrogen-bond donors (Lipinski definition) is 0. The van der Waals surface area contributed by atoms with Crippen LogP contribution in [0.25, 0.3) is 0 Å². The Morgan fingerprint density at radius 1 is 0.393 bits per heavy atom. The average molecular weight is 362 g/mol. The van der Waals surface area contributed by atoms with Crippen molar-refractivity contribution in [1.29, 1.82) is 0 Å². The lowest BCUT2D eigenvalue weighted by Gasteiger charge is -2.05. The molecule has 0 aliphatic heterocycles. The van der Waals surface area contributed by atoms with Gasteiger partial charge in [0.2, 0.25) is 0 Å². The minimum atomic E-state index is 0.763. The van der Waals surface area contributed by atoms with Gasteiger partial charge in [-0.15, -0.1) is 0 Å². The van der Waals surface area contributed by atoms with Gasteiger partial charge in [0.1, 0.15) is 23.0 Å². The van der Waals surface area contributed by atoms with Crippen molar-refractivity contribution in [2.45, 2.75) is 0 Å². The van der Waals surface area contributed by atoms with Gasteiger partial charge in [-0.25, -0.2) is 0 Å². The highest BCUT2D eigenvalue weighted by atomic mass is 16.5. The topological polar surface area (TPSA) is 18.5 Å². The standard InChI is InChI=1S/C26H18O2/c1-3-11-23(12-4-1)27-25-15-7-9-21(19-25)17-18-22-10-8-16-26(20-22)28-24-13-5-2-6-14-24/h1-16,19-20H. The summed E-state index contributed by atoms with van der Waals surface area (Å²) >= 11 is 0. The summed E-state index contributed by atoms with van der Waals surface area (Å²) in [6.07, 6.45) is 0. The molecule has 2 heteroatoms. The van der Waals surface area contributed by atoms with Crippen molar-refractivity contribution in [3.8, 4) is 34.8 Å². The number of hydrogen-bond acceptors (Lipinski definition) is 2. The zero-order chi connectivity index (χ0) is 19.0. The van der Waals surface area contributed by atoms with Gasteiger partial charge in [-0.3, -0.25) is 0 Å². The third-order valence-corrected chi connectivity index (χ3v) is 3.98. The van der Waals surface area contributed by atoms with Gasteiger partial charge in [-0.1, -0.05) is 60.4 Å². The maximum atomic E-state index is 5.87. The summed E-state index contributed by atoms with van der Waals surface area (Å²) in [5.74, 6) is 9.52. The fourth-order valence-electron chi connectivity index (χ4n) is 2.67. The van der Waals surface area contributed by atoms with E-state index in [1.807, 2.05) is 109 Å². The molecule has 0 spiro atoms. The van der Waals surface area contributed by atoms with Crippen LogP contribution in [-0.2, 0) is 0 Å². The van der Waals surface area contributed by atoms with Crippen molar-refractivity contribution in [3.05, 3.63) is 120 Å². The van der Waals surface area contributed by atoms with Crippen LogP contribution in [0.4, 0.5) is 0 Å². The molecule has 0 heterocycles. The van der Waals surface area contributed by atoms with Gasteiger partial charge in [0, 0.05) is 11.1 Å². The highest BCUT2D eigenvalue weighted by molar-refractivity contribution is 5.48. The molecule has 0 fully saturated rings. The molecule has 28 heavy (non-hydrogen) atoms. The fourth-order valence-corrected chi connectivity index (χ4v) is 2.67. The van der Waals surface area contributed by atoms with Crippen LogP contribution in [0.15, 0.2) is 109 Å². The van der Waals surface area contributed by atoms with E-state index in [0.29, 0.717) is 0 Å². The normalized spacial score (nSPS) is 9.86. The summed E-state index contributed by atoms with van der Waals surface area (Å²) in [6.45, 7) is 0. The van der Waals surface area contributed by atoms with E-state index in [1.54, 1.807) is 0 Å². The Balaban J connectivity index is 1.50. The maximum Gasteiger partial charge on any atom is 0.128 e. The van der Waals surface area contributed by atoms with Crippen LogP contribution in [0.3, 0.4) is 0 Å². The molecule has 0 aliphatic rings. The highest BCUT2D eigenvalue weighted by Crippen LogP contribution is 2.23. The molecule has 4 aromatic carbocycles. The van der Waals surface area contributed by atoms with Gasteiger partial charge >= 0.3 is 0 Å². The molecule has 0 radical (unpaired) electrons. The second-order valence-electron chi connectivity index (χ2n) is 6.14. The molecule has 0 aliphatic carbocycles. The van der Waals surface area contributed by atoms with Crippen molar-refractivity contribution in [1.82, 2.24) is 0 Å². The van der Waals surface area contributed by atoms with Crippen LogP contribution in [0, 0.1) is 11.8 Å². The second kappa shape index (κ2) is 8.62. The molecule has 0 saturated carbocycles. The van der Waals surface area contributed by atoms with Gasteiger partial charge < -0.3 is 9.47 Å². The molecule has 0 bridgehead atoms. The Labute approximate surface area is 165 Å². The van der Waals surface area contributed by atoms with Crippen molar-refractivity contribution >= 4 is 0 Å². The van der Waals surface area contributed by atoms with E-state index in [2.05, 4.69) is 11.8 Å². The first-order valence-electron chi connectivity index (χ1n) is 9.03. The quantitative estimate of drug-likeness (QED) is 0.377. The molecule has 0 N–H and O–H groups in total. The summed E-state index contributed by atoms with van der Waals surface area (Å²) in [6, 6.07) is 35.0. The minimum Gasteiger partial charge on any atom is -0.457 e. The summed E-state index contributed by atoms with van der Waals surface area (Å²) in [7, 11) is 0. The first kappa shape index (κ1) is 17.5. The van der Waals surface area contributed by atoms with Crippen LogP contribution < -0.4 is 9.47 Å². The third-order valence-electron chi connectivity index (χ3n) is 3.98. The number of ether oxygens (including phenoxy) is 2. The molecular weight excluding hydrogens is 344 g/mol. The van der Waals surface area contributed by atoms with E-state index < -0.39 is 0 Å². The molecule has 4 aromatic rings. The van der Waals surface area contributed by atoms with Gasteiger partial charge in [-0.05, 0) is 60.7 Å². The predicted molar refractivity (Wildman–Crippen MR) is 112 cm³/mol. The van der Waals surface area contributed by atoms with E-state index in [-0.39, 0.29) is 0 Å². The van der Waals surface area contributed by atoms with Crippen molar-refractivity contribution < 1.29 is 9.47 Å². The first-order valence-corrected chi connectivity index (χ1v) is 9.03. The summed E-state index contributed by atoms with van der Waals surface area (Å²) < 4.78 is 11.7. The van der Waals surface area contributed by atoms with Crippen LogP contribution >= 0.6 is 0 Å². The lowest BCUT2D eigenvalue weighted by molar-refractivity contribution is 0.482. The molecular formula is C26H18O2. The van der Waals surface area contributed by atoms with Gasteiger partial charge in [-0.2, -0.15) is 0 Å². The smallest absolute Gasteiger partial charge is 0.128 e. The molecule has 0 aromatic heterocycles. The Kier molecular flexibility index (Phi) is 5.37. The van der Waals surface area contributed by atoms with E-state index in [9.17, 15) is 0 Å². The predicted octanol–water partition coefficient (Wildman–Crippen LogP) is 6.67. The van der Waals surface area contributed by atoms with E-state index >= 15 is 0 Å². The van der Waals surface area contributed by atoms with Crippen molar-refractivity contribution in [2.24, 2.45) is 0 Å². The molecule has 0 unspecified atom stereocenters. The van der Waals surface area contributed by atoms with E-state index in [0.717, 1.165) is 34.1 Å². The van der Waals surface area contributed by atoms with Gasteiger partial charge in [0.15, 0.2) is 0 Å². The molecule has 2 nitrogen and oxygen atoms in total. The molecule has 0 atom stereocenters. The van der Waals surface area contributed by atoms with Crippen LogP contribution in [0.5, 0.6) is 23.0 Å². The summed E-state index contributed by atoms with van der Waals surface area (Å²) in [5, 5.41) is 0. The van der Waals surface area contributed by atoms with Crippen LogP contribution in [0.1, 0.15) is 11.1 Å². The molecule has 0 saturated heterocycles. The van der Waals surface area contributed by atoms with E-state index in [4.69, 9.17) is 9.47 Å². The van der Waals surface area contributed by atoms with Gasteiger partial charge in [0.05, 0.1) is 0 Å². The molecule has 0 amide bonds. The lowest BCUT2D eigenvalue weighted by atomic mass is 10.1. The number of rotatable bonds is 4. The largest absolute Gasteiger partial charge is 0.457 e. The lowest BCUT2D eigenvalue weighted by Crippen LogP contribution is -1.85. The third kappa shape index (κ3) is 4.81. The highest BCUT2D eigenvalue weighted by Gasteiger charge is 1.99. The number of para-hydroxylation sites is 2. The Hall–Kier alpha value is -3.96. The fraction of sp³-hybridized carbons (Fsp3) is 0. The Morgan fingerprint density at radius 2 is 0.786 bits per heavy atom. The average Bonchev–Trinajstić information content (AvgIpc) is 2.74. The SMILES string of the molecule is C(#Cc1cccc(Oc2ccccc2)c1)c1cccc(Oc2ccccc2)c1. The Morgan fingerprint density at radius 3 is 1.21 bits per heavy atom. The van der Waals surface area contributed by atoms with E-state index in [1.165, 1.54) is 0 Å². The Bertz CT molecular complexity index is 1020.